The van der Waals surface area contributed by atoms with Gasteiger partial charge < -0.3 is 25.6 Å². The maximum atomic E-state index is 15.3. The molecule has 3 N–H and O–H groups in total. The maximum absolute atomic E-state index is 15.3. The molecule has 2 amide bonds. The Labute approximate surface area is 230 Å². The van der Waals surface area contributed by atoms with Gasteiger partial charge in [0.25, 0.3) is 11.8 Å². The van der Waals surface area contributed by atoms with Crippen LogP contribution in [0.4, 0.5) is 15.9 Å². The van der Waals surface area contributed by atoms with E-state index in [9.17, 15) is 9.59 Å². The van der Waals surface area contributed by atoms with Crippen LogP contribution < -0.4 is 20.7 Å². The van der Waals surface area contributed by atoms with Gasteiger partial charge in [-0.25, -0.2) is 9.37 Å². The number of ether oxygens (including phenoxy) is 1. The molecule has 0 radical (unpaired) electrons. The Morgan fingerprint density at radius 1 is 1.13 bits per heavy atom. The molecule has 2 aliphatic heterocycles. The second kappa shape index (κ2) is 11.1. The van der Waals surface area contributed by atoms with Crippen LogP contribution in [0.3, 0.4) is 0 Å². The van der Waals surface area contributed by atoms with Crippen LogP contribution in [0, 0.1) is 18.2 Å². The lowest BCUT2D eigenvalue weighted by atomic mass is 9.99. The highest BCUT2D eigenvalue weighted by molar-refractivity contribution is 6.30. The number of aromatic nitrogens is 1. The molecule has 2 fully saturated rings. The smallest absolute Gasteiger partial charge is 0.259 e. The standard InChI is InChI=1S/C29H25ClFN5O3/c1-3-17-13-21(29(38)34-25-8-6-19(30)16-33-25)26(24(14-17)39-2)35-28(37)20-7-5-18(15-22(20)31)27(23-9-10-32-23)36-11-4-12-36/h1,5-8,13-16,32H,4,9-12H2,2H3,(H,35,37)(H,33,34,38). The van der Waals surface area contributed by atoms with Crippen molar-refractivity contribution in [2.24, 2.45) is 0 Å². The number of nitrogens with zero attached hydrogens (tertiary/aromatic N) is 2. The third-order valence-corrected chi connectivity index (χ3v) is 6.82. The summed E-state index contributed by atoms with van der Waals surface area (Å²) in [6, 6.07) is 10.6. The van der Waals surface area contributed by atoms with Gasteiger partial charge in [0.05, 0.1) is 34.6 Å². The van der Waals surface area contributed by atoms with Crippen LogP contribution in [-0.4, -0.2) is 48.4 Å². The molecule has 1 aromatic heterocycles. The van der Waals surface area contributed by atoms with E-state index in [0.717, 1.165) is 43.9 Å². The Balaban J connectivity index is 1.45. The van der Waals surface area contributed by atoms with E-state index < -0.39 is 17.6 Å². The zero-order valence-electron chi connectivity index (χ0n) is 21.1. The van der Waals surface area contributed by atoms with Gasteiger partial charge in [0.15, 0.2) is 0 Å². The zero-order chi connectivity index (χ0) is 27.5. The fourth-order valence-electron chi connectivity index (χ4n) is 4.37. The number of nitrogens with one attached hydrogen (secondary N) is 3. The topological polar surface area (TPSA) is 95.6 Å². The summed E-state index contributed by atoms with van der Waals surface area (Å²) >= 11 is 5.88. The monoisotopic (exact) mass is 545 g/mol. The average Bonchev–Trinajstić information content (AvgIpc) is 2.87. The Bertz CT molecular complexity index is 1520. The van der Waals surface area contributed by atoms with Crippen LogP contribution in [0.25, 0.3) is 5.70 Å². The van der Waals surface area contributed by atoms with Crippen molar-refractivity contribution in [1.29, 1.82) is 0 Å². The zero-order valence-corrected chi connectivity index (χ0v) is 21.9. The average molecular weight is 546 g/mol. The molecule has 0 unspecified atom stereocenters. The van der Waals surface area contributed by atoms with Gasteiger partial charge in [-0.2, -0.15) is 0 Å². The van der Waals surface area contributed by atoms with Crippen LogP contribution in [0.1, 0.15) is 44.7 Å². The molecule has 8 nitrogen and oxygen atoms in total. The third-order valence-electron chi connectivity index (χ3n) is 6.60. The first-order chi connectivity index (χ1) is 18.9. The third kappa shape index (κ3) is 5.38. The summed E-state index contributed by atoms with van der Waals surface area (Å²) in [6.45, 7) is 2.71. The first kappa shape index (κ1) is 26.1. The van der Waals surface area contributed by atoms with Crippen LogP contribution in [0.5, 0.6) is 5.75 Å². The second-order valence-corrected chi connectivity index (χ2v) is 9.49. The molecule has 2 aromatic carbocycles. The molecule has 5 rings (SSSR count). The summed E-state index contributed by atoms with van der Waals surface area (Å²) in [7, 11) is 1.38. The molecule has 0 atom stereocenters. The maximum Gasteiger partial charge on any atom is 0.259 e. The van der Waals surface area contributed by atoms with Gasteiger partial charge in [0.1, 0.15) is 17.4 Å². The van der Waals surface area contributed by atoms with Gasteiger partial charge in [-0.05, 0) is 42.8 Å². The van der Waals surface area contributed by atoms with Crippen molar-refractivity contribution in [3.8, 4) is 18.1 Å². The first-order valence-electron chi connectivity index (χ1n) is 12.3. The Kier molecular flexibility index (Phi) is 7.39. The van der Waals surface area contributed by atoms with Gasteiger partial charge in [-0.1, -0.05) is 23.6 Å². The number of anilines is 2. The molecule has 0 spiro atoms. The molecule has 2 aliphatic rings. The fraction of sp³-hybridized carbons (Fsp3) is 0.207. The Morgan fingerprint density at radius 2 is 1.90 bits per heavy atom. The summed E-state index contributed by atoms with van der Waals surface area (Å²) in [5.74, 6) is 0.812. The molecule has 10 heteroatoms. The van der Waals surface area contributed by atoms with E-state index in [4.69, 9.17) is 22.8 Å². The number of hydrogen-bond acceptors (Lipinski definition) is 6. The van der Waals surface area contributed by atoms with Crippen LogP contribution >= 0.6 is 11.6 Å². The van der Waals surface area contributed by atoms with Crippen molar-refractivity contribution in [1.82, 2.24) is 15.2 Å². The molecule has 0 aliphatic carbocycles. The van der Waals surface area contributed by atoms with Gasteiger partial charge in [-0.15, -0.1) is 6.42 Å². The Hall–Kier alpha value is -4.55. The lowest BCUT2D eigenvalue weighted by Gasteiger charge is -2.39. The van der Waals surface area contributed by atoms with Crippen molar-refractivity contribution in [3.63, 3.8) is 0 Å². The van der Waals surface area contributed by atoms with Crippen molar-refractivity contribution < 1.29 is 18.7 Å². The minimum atomic E-state index is -0.746. The minimum Gasteiger partial charge on any atom is -0.495 e. The Morgan fingerprint density at radius 3 is 2.46 bits per heavy atom. The number of halogens is 2. The predicted octanol–water partition coefficient (Wildman–Crippen LogP) is 4.74. The van der Waals surface area contributed by atoms with Crippen molar-refractivity contribution in [2.45, 2.75) is 12.8 Å². The predicted molar refractivity (Wildman–Crippen MR) is 148 cm³/mol. The van der Waals surface area contributed by atoms with Gasteiger partial charge >= 0.3 is 0 Å². The normalized spacial score (nSPS) is 15.2. The molecule has 3 aromatic rings. The molecule has 0 bridgehead atoms. The summed E-state index contributed by atoms with van der Waals surface area (Å²) in [6.07, 6.45) is 8.94. The molecule has 198 valence electrons. The number of carbonyl (C=O) groups excluding carboxylic acids is 2. The second-order valence-electron chi connectivity index (χ2n) is 9.05. The number of methoxy groups -OCH3 is 1. The van der Waals surface area contributed by atoms with E-state index >= 15 is 4.39 Å². The van der Waals surface area contributed by atoms with Crippen LogP contribution in [-0.2, 0) is 0 Å². The number of benzene rings is 2. The lowest BCUT2D eigenvalue weighted by Crippen LogP contribution is -2.40. The molecular formula is C29H25ClFN5O3. The molecule has 0 saturated carbocycles. The summed E-state index contributed by atoms with van der Waals surface area (Å²) in [5, 5.41) is 8.99. The highest BCUT2D eigenvalue weighted by Crippen LogP contribution is 2.33. The van der Waals surface area contributed by atoms with Crippen molar-refractivity contribution >= 4 is 40.6 Å². The number of pyridine rings is 1. The van der Waals surface area contributed by atoms with E-state index in [2.05, 4.69) is 31.8 Å². The number of hydrogen-bond donors (Lipinski definition) is 3. The van der Waals surface area contributed by atoms with Gasteiger partial charge in [-0.3, -0.25) is 9.59 Å². The van der Waals surface area contributed by atoms with Gasteiger partial charge in [0, 0.05) is 49.1 Å². The molecule has 3 heterocycles. The molecular weight excluding hydrogens is 521 g/mol. The number of rotatable bonds is 7. The molecule has 39 heavy (non-hydrogen) atoms. The highest BCUT2D eigenvalue weighted by atomic mass is 35.5. The van der Waals surface area contributed by atoms with E-state index in [1.54, 1.807) is 12.1 Å². The van der Waals surface area contributed by atoms with E-state index in [0.29, 0.717) is 16.1 Å². The summed E-state index contributed by atoms with van der Waals surface area (Å²) in [4.78, 5) is 32.7. The number of carbonyl (C=O) groups is 2. The van der Waals surface area contributed by atoms with Crippen LogP contribution in [0.15, 0.2) is 54.4 Å². The van der Waals surface area contributed by atoms with Crippen LogP contribution in [0.2, 0.25) is 5.02 Å². The highest BCUT2D eigenvalue weighted by Gasteiger charge is 2.27. The number of likely N-dealkylation sites (tertiary alicyclic amines) is 1. The van der Waals surface area contributed by atoms with Crippen molar-refractivity contribution in [3.05, 3.63) is 87.5 Å². The van der Waals surface area contributed by atoms with E-state index in [1.807, 2.05) is 0 Å². The summed E-state index contributed by atoms with van der Waals surface area (Å²) in [5.41, 5.74) is 2.99. The SMILES string of the molecule is C#Cc1cc(OC)c(NC(=O)c2ccc(C(=C3CCN3)N3CCC3)cc2F)c(C(=O)Nc2ccc(Cl)cn2)c1. The van der Waals surface area contributed by atoms with Gasteiger partial charge in [0.2, 0.25) is 0 Å². The lowest BCUT2D eigenvalue weighted by molar-refractivity contribution is 0.102. The van der Waals surface area contributed by atoms with E-state index in [-0.39, 0.29) is 28.4 Å². The first-order valence-corrected chi connectivity index (χ1v) is 12.7. The number of terminal acetylenes is 1. The summed E-state index contributed by atoms with van der Waals surface area (Å²) < 4.78 is 20.8. The van der Waals surface area contributed by atoms with E-state index in [1.165, 1.54) is 43.6 Å². The largest absolute Gasteiger partial charge is 0.495 e. The minimum absolute atomic E-state index is 0.0188. The fourth-order valence-corrected chi connectivity index (χ4v) is 4.48. The number of amides is 2. The molecule has 2 saturated heterocycles. The quantitative estimate of drug-likeness (QED) is 0.371. The van der Waals surface area contributed by atoms with Crippen molar-refractivity contribution in [2.75, 3.05) is 37.4 Å².